The smallest absolute Gasteiger partial charge is 0.264 e. The van der Waals surface area contributed by atoms with Crippen LogP contribution in [0, 0.1) is 5.82 Å². The van der Waals surface area contributed by atoms with Gasteiger partial charge in [-0.2, -0.15) is 0 Å². The lowest BCUT2D eigenvalue weighted by Gasteiger charge is -2.38. The number of carbonyl (C=O) groups excluding carboxylic acids is 4. The number of halogens is 1. The average molecular weight is 535 g/mol. The van der Waals surface area contributed by atoms with Gasteiger partial charge in [-0.05, 0) is 55.9 Å². The van der Waals surface area contributed by atoms with Crippen molar-refractivity contribution in [1.29, 1.82) is 0 Å². The van der Waals surface area contributed by atoms with Gasteiger partial charge in [-0.3, -0.25) is 34.3 Å². The van der Waals surface area contributed by atoms with Crippen LogP contribution in [0.5, 0.6) is 0 Å². The van der Waals surface area contributed by atoms with E-state index in [9.17, 15) is 19.2 Å². The van der Waals surface area contributed by atoms with Crippen molar-refractivity contribution in [2.75, 3.05) is 25.0 Å². The van der Waals surface area contributed by atoms with E-state index in [1.165, 1.54) is 6.07 Å². The number of carbonyl (C=O) groups is 4. The SMILES string of the molecule is O=C1CCC(N2C(=O)c3cccc(NCc4ccc(CN5CCC6(CCCO6)CC5)cc4F)c3C2=O)C(=O)N1. The molecule has 1 unspecified atom stereocenters. The molecular weight excluding hydrogens is 503 g/mol. The maximum atomic E-state index is 15.1. The fraction of sp³-hybridized carbons (Fsp3) is 0.448. The Hall–Kier alpha value is -3.63. The molecule has 3 saturated heterocycles. The first-order chi connectivity index (χ1) is 18.8. The number of anilines is 1. The van der Waals surface area contributed by atoms with Gasteiger partial charge >= 0.3 is 0 Å². The number of nitrogens with zero attached hydrogens (tertiary/aromatic N) is 2. The highest BCUT2D eigenvalue weighted by molar-refractivity contribution is 6.25. The minimum absolute atomic E-state index is 0.0527. The third-order valence-electron chi connectivity index (χ3n) is 8.41. The Labute approximate surface area is 225 Å². The number of hydrogen-bond donors (Lipinski definition) is 2. The first-order valence-corrected chi connectivity index (χ1v) is 13.6. The van der Waals surface area contributed by atoms with Gasteiger partial charge in [0.05, 0.1) is 16.7 Å². The van der Waals surface area contributed by atoms with E-state index >= 15 is 4.39 Å². The van der Waals surface area contributed by atoms with Gasteiger partial charge in [0.15, 0.2) is 0 Å². The molecular formula is C29H31FN4O5. The van der Waals surface area contributed by atoms with Gasteiger partial charge in [0, 0.05) is 50.5 Å². The van der Waals surface area contributed by atoms with Gasteiger partial charge in [0.1, 0.15) is 11.9 Å². The molecule has 6 rings (SSSR count). The standard InChI is InChI=1S/C29H31FN4O5/c30-21-15-18(17-33-12-10-29(11-13-33)9-2-14-39-29)5-6-19(21)16-31-22-4-1-3-20-25(22)28(38)34(27(20)37)23-7-8-24(35)32-26(23)36/h1,3-6,15,23,31H,2,7-14,16-17H2,(H,32,35,36). The second-order valence-corrected chi connectivity index (χ2v) is 10.9. The summed E-state index contributed by atoms with van der Waals surface area (Å²) in [5.41, 5.74) is 2.11. The van der Waals surface area contributed by atoms with E-state index < -0.39 is 29.7 Å². The van der Waals surface area contributed by atoms with E-state index in [4.69, 9.17) is 4.74 Å². The molecule has 4 heterocycles. The quantitative estimate of drug-likeness (QED) is 0.549. The number of amides is 4. The summed E-state index contributed by atoms with van der Waals surface area (Å²) in [4.78, 5) is 53.4. The monoisotopic (exact) mass is 534 g/mol. The van der Waals surface area contributed by atoms with Crippen LogP contribution in [0.15, 0.2) is 36.4 Å². The summed E-state index contributed by atoms with van der Waals surface area (Å²) in [7, 11) is 0. The Morgan fingerprint density at radius 3 is 2.59 bits per heavy atom. The van der Waals surface area contributed by atoms with E-state index in [-0.39, 0.29) is 41.9 Å². The Bertz CT molecular complexity index is 1350. The molecule has 0 radical (unpaired) electrons. The molecule has 39 heavy (non-hydrogen) atoms. The summed E-state index contributed by atoms with van der Waals surface area (Å²) in [6.45, 7) is 3.53. The van der Waals surface area contributed by atoms with Crippen LogP contribution in [0.4, 0.5) is 10.1 Å². The van der Waals surface area contributed by atoms with Crippen LogP contribution in [0.1, 0.15) is 70.4 Å². The second kappa shape index (κ2) is 10.2. The van der Waals surface area contributed by atoms with Crippen molar-refractivity contribution < 1.29 is 28.3 Å². The number of piperidine rings is 2. The van der Waals surface area contributed by atoms with Gasteiger partial charge in [0.2, 0.25) is 11.8 Å². The predicted octanol–water partition coefficient (Wildman–Crippen LogP) is 2.98. The Morgan fingerprint density at radius 1 is 1.05 bits per heavy atom. The van der Waals surface area contributed by atoms with Crippen LogP contribution in [-0.2, 0) is 27.4 Å². The summed E-state index contributed by atoms with van der Waals surface area (Å²) in [6.07, 6.45) is 4.44. The molecule has 0 bridgehead atoms. The zero-order chi connectivity index (χ0) is 27.1. The molecule has 9 nitrogen and oxygen atoms in total. The number of fused-ring (bicyclic) bond motifs is 1. The number of nitrogens with one attached hydrogen (secondary N) is 2. The van der Waals surface area contributed by atoms with Crippen molar-refractivity contribution in [3.05, 3.63) is 64.5 Å². The zero-order valence-electron chi connectivity index (χ0n) is 21.6. The fourth-order valence-electron chi connectivity index (χ4n) is 6.21. The van der Waals surface area contributed by atoms with E-state index in [0.717, 1.165) is 55.8 Å². The average Bonchev–Trinajstić information content (AvgIpc) is 3.48. The molecule has 3 fully saturated rings. The highest BCUT2D eigenvalue weighted by Gasteiger charge is 2.45. The van der Waals surface area contributed by atoms with Gasteiger partial charge in [-0.25, -0.2) is 4.39 Å². The van der Waals surface area contributed by atoms with Crippen LogP contribution >= 0.6 is 0 Å². The second-order valence-electron chi connectivity index (χ2n) is 10.9. The summed E-state index contributed by atoms with van der Waals surface area (Å²) in [5.74, 6) is -2.60. The molecule has 1 atom stereocenters. The number of likely N-dealkylation sites (tertiary alicyclic amines) is 1. The summed E-state index contributed by atoms with van der Waals surface area (Å²) >= 11 is 0. The molecule has 2 aromatic carbocycles. The molecule has 0 aromatic heterocycles. The van der Waals surface area contributed by atoms with Gasteiger partial charge in [0.25, 0.3) is 11.8 Å². The van der Waals surface area contributed by atoms with E-state index in [1.54, 1.807) is 24.3 Å². The van der Waals surface area contributed by atoms with Crippen molar-refractivity contribution in [2.24, 2.45) is 0 Å². The minimum atomic E-state index is -1.04. The first-order valence-electron chi connectivity index (χ1n) is 13.6. The molecule has 1 spiro atoms. The molecule has 204 valence electrons. The van der Waals surface area contributed by atoms with Crippen molar-refractivity contribution in [3.63, 3.8) is 0 Å². The molecule has 10 heteroatoms. The lowest BCUT2D eigenvalue weighted by atomic mass is 9.88. The van der Waals surface area contributed by atoms with Crippen LogP contribution < -0.4 is 10.6 Å². The normalized spacial score (nSPS) is 22.9. The van der Waals surface area contributed by atoms with Gasteiger partial charge in [-0.15, -0.1) is 0 Å². The lowest BCUT2D eigenvalue weighted by Crippen LogP contribution is -2.54. The van der Waals surface area contributed by atoms with E-state index in [0.29, 0.717) is 17.8 Å². The number of benzene rings is 2. The highest BCUT2D eigenvalue weighted by Crippen LogP contribution is 2.36. The van der Waals surface area contributed by atoms with Crippen LogP contribution in [-0.4, -0.2) is 64.8 Å². The van der Waals surface area contributed by atoms with E-state index in [1.807, 2.05) is 6.07 Å². The summed E-state index contributed by atoms with van der Waals surface area (Å²) in [5, 5.41) is 5.30. The van der Waals surface area contributed by atoms with E-state index in [2.05, 4.69) is 15.5 Å². The van der Waals surface area contributed by atoms with Crippen LogP contribution in [0.25, 0.3) is 0 Å². The Morgan fingerprint density at radius 2 is 1.87 bits per heavy atom. The van der Waals surface area contributed by atoms with Gasteiger partial charge in [-0.1, -0.05) is 18.2 Å². The molecule has 4 aliphatic heterocycles. The third kappa shape index (κ3) is 4.83. The fourth-order valence-corrected chi connectivity index (χ4v) is 6.21. The number of rotatable bonds is 6. The maximum absolute atomic E-state index is 15.1. The van der Waals surface area contributed by atoms with Crippen LogP contribution in [0.3, 0.4) is 0 Å². The molecule has 4 amide bonds. The largest absolute Gasteiger partial charge is 0.380 e. The zero-order valence-corrected chi connectivity index (χ0v) is 21.6. The molecule has 2 aromatic rings. The summed E-state index contributed by atoms with van der Waals surface area (Å²) in [6, 6.07) is 9.01. The Kier molecular flexibility index (Phi) is 6.68. The molecule has 2 N–H and O–H groups in total. The number of hydrogen-bond acceptors (Lipinski definition) is 7. The third-order valence-corrected chi connectivity index (χ3v) is 8.41. The highest BCUT2D eigenvalue weighted by atomic mass is 19.1. The predicted molar refractivity (Wildman–Crippen MR) is 139 cm³/mol. The maximum Gasteiger partial charge on any atom is 0.264 e. The van der Waals surface area contributed by atoms with Crippen molar-refractivity contribution in [2.45, 2.75) is 63.3 Å². The Balaban J connectivity index is 1.11. The number of ether oxygens (including phenoxy) is 1. The first kappa shape index (κ1) is 25.6. The van der Waals surface area contributed by atoms with Crippen molar-refractivity contribution in [1.82, 2.24) is 15.1 Å². The molecule has 0 aliphatic carbocycles. The van der Waals surface area contributed by atoms with Gasteiger partial charge < -0.3 is 10.1 Å². The molecule has 4 aliphatic rings. The number of imide groups is 2. The van der Waals surface area contributed by atoms with Crippen LogP contribution in [0.2, 0.25) is 0 Å². The topological polar surface area (TPSA) is 108 Å². The minimum Gasteiger partial charge on any atom is -0.380 e. The molecule has 0 saturated carbocycles. The lowest BCUT2D eigenvalue weighted by molar-refractivity contribution is -0.136. The summed E-state index contributed by atoms with van der Waals surface area (Å²) < 4.78 is 21.1. The van der Waals surface area contributed by atoms with Crippen molar-refractivity contribution >= 4 is 29.3 Å². The van der Waals surface area contributed by atoms with Crippen molar-refractivity contribution in [3.8, 4) is 0 Å².